The first-order valence-electron chi connectivity index (χ1n) is 4.82. The monoisotopic (exact) mass is 154 g/mol. The molecule has 0 aromatic rings. The summed E-state index contributed by atoms with van der Waals surface area (Å²) in [6, 6.07) is 2.42. The summed E-state index contributed by atoms with van der Waals surface area (Å²) in [7, 11) is 2.09. The highest BCUT2D eigenvalue weighted by atomic mass is 15.0. The number of rotatable bonds is 1. The number of fused-ring (bicyclic) bond motifs is 2. The molecule has 2 aliphatic heterocycles. The third-order valence-electron chi connectivity index (χ3n) is 3.12. The van der Waals surface area contributed by atoms with Crippen molar-refractivity contribution in [2.75, 3.05) is 7.05 Å². The second-order valence-electron chi connectivity index (χ2n) is 3.95. The van der Waals surface area contributed by atoms with Gasteiger partial charge in [0.25, 0.3) is 0 Å². The summed E-state index contributed by atoms with van der Waals surface area (Å²) in [4.78, 5) is 0. The molecule has 0 spiro atoms. The quantitative estimate of drug-likeness (QED) is 0.586. The minimum Gasteiger partial charge on any atom is -0.317 e. The highest BCUT2D eigenvalue weighted by Crippen LogP contribution is 2.25. The molecule has 0 amide bonds. The molecule has 2 heteroatoms. The van der Waals surface area contributed by atoms with Crippen LogP contribution in [0.2, 0.25) is 0 Å². The fourth-order valence-corrected chi connectivity index (χ4v) is 2.50. The van der Waals surface area contributed by atoms with Crippen molar-refractivity contribution < 1.29 is 0 Å². The van der Waals surface area contributed by atoms with Crippen molar-refractivity contribution in [1.82, 2.24) is 10.6 Å². The van der Waals surface area contributed by atoms with Crippen LogP contribution in [-0.2, 0) is 0 Å². The molecular formula is C9H18N2. The van der Waals surface area contributed by atoms with Gasteiger partial charge in [0.05, 0.1) is 0 Å². The van der Waals surface area contributed by atoms with E-state index in [0.717, 1.165) is 18.1 Å². The third-order valence-corrected chi connectivity index (χ3v) is 3.12. The average molecular weight is 154 g/mol. The average Bonchev–Trinajstić information content (AvgIpc) is 2.03. The third kappa shape index (κ3) is 1.57. The summed E-state index contributed by atoms with van der Waals surface area (Å²) < 4.78 is 0. The fourth-order valence-electron chi connectivity index (χ4n) is 2.50. The number of hydrogen-bond acceptors (Lipinski definition) is 2. The summed E-state index contributed by atoms with van der Waals surface area (Å²) >= 11 is 0. The van der Waals surface area contributed by atoms with Crippen LogP contribution in [0.1, 0.15) is 32.1 Å². The lowest BCUT2D eigenvalue weighted by atomic mass is 9.84. The minimum atomic E-state index is 0.784. The van der Waals surface area contributed by atoms with E-state index in [1.807, 2.05) is 0 Å². The summed E-state index contributed by atoms with van der Waals surface area (Å²) in [5, 5.41) is 7.07. The molecule has 0 radical (unpaired) electrons. The van der Waals surface area contributed by atoms with Crippen molar-refractivity contribution in [3.8, 4) is 0 Å². The molecule has 2 bridgehead atoms. The van der Waals surface area contributed by atoms with Crippen LogP contribution in [0.25, 0.3) is 0 Å². The van der Waals surface area contributed by atoms with Gasteiger partial charge in [-0.15, -0.1) is 0 Å². The van der Waals surface area contributed by atoms with E-state index >= 15 is 0 Å². The van der Waals surface area contributed by atoms with Crippen LogP contribution in [-0.4, -0.2) is 25.2 Å². The van der Waals surface area contributed by atoms with Crippen LogP contribution < -0.4 is 10.6 Å². The minimum absolute atomic E-state index is 0.784. The number of piperidine rings is 2. The predicted molar refractivity (Wildman–Crippen MR) is 46.6 cm³/mol. The van der Waals surface area contributed by atoms with Crippen LogP contribution in [0.3, 0.4) is 0 Å². The van der Waals surface area contributed by atoms with Gasteiger partial charge in [-0.3, -0.25) is 0 Å². The molecule has 2 atom stereocenters. The molecule has 0 aromatic carbocycles. The molecule has 2 heterocycles. The molecule has 0 aliphatic carbocycles. The van der Waals surface area contributed by atoms with E-state index in [0.29, 0.717) is 0 Å². The summed E-state index contributed by atoms with van der Waals surface area (Å²) in [5.41, 5.74) is 0. The lowest BCUT2D eigenvalue weighted by molar-refractivity contribution is 0.207. The van der Waals surface area contributed by atoms with Gasteiger partial charge in [0, 0.05) is 18.1 Å². The fraction of sp³-hybridized carbons (Fsp3) is 1.00. The highest BCUT2D eigenvalue weighted by Gasteiger charge is 2.29. The van der Waals surface area contributed by atoms with E-state index in [-0.39, 0.29) is 0 Å². The first-order valence-corrected chi connectivity index (χ1v) is 4.82. The van der Waals surface area contributed by atoms with Crippen molar-refractivity contribution >= 4 is 0 Å². The highest BCUT2D eigenvalue weighted by molar-refractivity contribution is 4.91. The van der Waals surface area contributed by atoms with Crippen LogP contribution in [0.15, 0.2) is 0 Å². The van der Waals surface area contributed by atoms with Gasteiger partial charge in [-0.25, -0.2) is 0 Å². The maximum Gasteiger partial charge on any atom is 0.00936 e. The van der Waals surface area contributed by atoms with Gasteiger partial charge in [-0.05, 0) is 32.7 Å². The molecule has 2 fully saturated rings. The van der Waals surface area contributed by atoms with Gasteiger partial charge in [-0.1, -0.05) is 6.42 Å². The van der Waals surface area contributed by atoms with Gasteiger partial charge in [0.1, 0.15) is 0 Å². The maximum absolute atomic E-state index is 3.68. The van der Waals surface area contributed by atoms with E-state index in [1.165, 1.54) is 32.1 Å². The smallest absolute Gasteiger partial charge is 0.00936 e. The molecule has 11 heavy (non-hydrogen) atoms. The van der Waals surface area contributed by atoms with E-state index in [2.05, 4.69) is 17.7 Å². The normalized spacial score (nSPS) is 43.9. The predicted octanol–water partition coefficient (Wildman–Crippen LogP) is 0.879. The zero-order valence-corrected chi connectivity index (χ0v) is 7.27. The van der Waals surface area contributed by atoms with Gasteiger partial charge < -0.3 is 10.6 Å². The van der Waals surface area contributed by atoms with Crippen LogP contribution in [0, 0.1) is 0 Å². The first kappa shape index (κ1) is 7.56. The Hall–Kier alpha value is -0.0800. The van der Waals surface area contributed by atoms with Crippen molar-refractivity contribution in [1.29, 1.82) is 0 Å². The van der Waals surface area contributed by atoms with Crippen molar-refractivity contribution in [2.24, 2.45) is 0 Å². The molecule has 0 saturated carbocycles. The van der Waals surface area contributed by atoms with Gasteiger partial charge in [-0.2, -0.15) is 0 Å². The van der Waals surface area contributed by atoms with Crippen LogP contribution in [0.4, 0.5) is 0 Å². The Kier molecular flexibility index (Phi) is 2.14. The Morgan fingerprint density at radius 3 is 2.36 bits per heavy atom. The SMILES string of the molecule is CNC1CC2CCCC(C1)N2. The van der Waals surface area contributed by atoms with Crippen LogP contribution in [0.5, 0.6) is 0 Å². The standard InChI is InChI=1S/C9H18N2/c1-10-9-5-7-3-2-4-8(6-9)11-7/h7-11H,2-6H2,1H3. The first-order chi connectivity index (χ1) is 5.38. The van der Waals surface area contributed by atoms with E-state index in [9.17, 15) is 0 Å². The molecule has 64 valence electrons. The van der Waals surface area contributed by atoms with E-state index in [1.54, 1.807) is 0 Å². The molecular weight excluding hydrogens is 136 g/mol. The summed E-state index contributed by atoms with van der Waals surface area (Å²) in [5.74, 6) is 0. The van der Waals surface area contributed by atoms with E-state index in [4.69, 9.17) is 0 Å². The largest absolute Gasteiger partial charge is 0.317 e. The lowest BCUT2D eigenvalue weighted by Gasteiger charge is -2.40. The molecule has 0 aromatic heterocycles. The van der Waals surface area contributed by atoms with Gasteiger partial charge in [0.2, 0.25) is 0 Å². The second kappa shape index (κ2) is 3.11. The molecule has 2 aliphatic rings. The number of nitrogens with one attached hydrogen (secondary N) is 2. The second-order valence-corrected chi connectivity index (χ2v) is 3.95. The zero-order valence-electron chi connectivity index (χ0n) is 7.27. The Bertz CT molecular complexity index is 124. The van der Waals surface area contributed by atoms with Crippen molar-refractivity contribution in [3.63, 3.8) is 0 Å². The van der Waals surface area contributed by atoms with Crippen molar-refractivity contribution in [2.45, 2.75) is 50.2 Å². The molecule has 2 nitrogen and oxygen atoms in total. The Labute approximate surface area is 68.7 Å². The van der Waals surface area contributed by atoms with Gasteiger partial charge in [0.15, 0.2) is 0 Å². The number of hydrogen-bond donors (Lipinski definition) is 2. The van der Waals surface area contributed by atoms with Gasteiger partial charge >= 0.3 is 0 Å². The topological polar surface area (TPSA) is 24.1 Å². The molecule has 2 unspecified atom stereocenters. The van der Waals surface area contributed by atoms with E-state index < -0.39 is 0 Å². The lowest BCUT2D eigenvalue weighted by Crippen LogP contribution is -2.53. The summed E-state index contributed by atoms with van der Waals surface area (Å²) in [6.07, 6.45) is 6.92. The maximum atomic E-state index is 3.68. The Morgan fingerprint density at radius 2 is 1.82 bits per heavy atom. The van der Waals surface area contributed by atoms with Crippen molar-refractivity contribution in [3.05, 3.63) is 0 Å². The van der Waals surface area contributed by atoms with Crippen LogP contribution >= 0.6 is 0 Å². The zero-order chi connectivity index (χ0) is 7.68. The molecule has 2 N–H and O–H groups in total. The molecule has 2 rings (SSSR count). The Morgan fingerprint density at radius 1 is 1.18 bits per heavy atom. The molecule has 2 saturated heterocycles. The summed E-state index contributed by atoms with van der Waals surface area (Å²) in [6.45, 7) is 0. The Balaban J connectivity index is 1.94.